The van der Waals surface area contributed by atoms with Crippen molar-refractivity contribution in [2.24, 2.45) is 5.73 Å². The van der Waals surface area contributed by atoms with E-state index in [1.165, 1.54) is 16.4 Å². The molecule has 0 bridgehead atoms. The minimum Gasteiger partial charge on any atom is -0.352 e. The fourth-order valence-electron chi connectivity index (χ4n) is 2.54. The molecule has 1 aromatic rings. The number of nitrogens with zero attached hydrogens (tertiary/aromatic N) is 1. The Balaban J connectivity index is 2.11. The van der Waals surface area contributed by atoms with Gasteiger partial charge in [-0.25, -0.2) is 13.2 Å². The minimum absolute atomic E-state index is 0.144. The maximum Gasteiger partial charge on any atom is 0.312 e. The zero-order valence-electron chi connectivity index (χ0n) is 13.3. The maximum atomic E-state index is 12.7. The van der Waals surface area contributed by atoms with Crippen LogP contribution in [0.3, 0.4) is 0 Å². The van der Waals surface area contributed by atoms with E-state index in [2.05, 4.69) is 10.6 Å². The van der Waals surface area contributed by atoms with Gasteiger partial charge in [0.15, 0.2) is 0 Å². The average Bonchev–Trinajstić information content (AvgIpc) is 2.83. The average molecular weight is 354 g/mol. The van der Waals surface area contributed by atoms with Crippen molar-refractivity contribution < 1.29 is 18.0 Å². The Kier molecular flexibility index (Phi) is 6.16. The number of rotatable bonds is 5. The molecule has 4 N–H and O–H groups in total. The number of nitrogens with one attached hydrogen (secondary N) is 2. The van der Waals surface area contributed by atoms with Crippen LogP contribution in [0.4, 0.5) is 10.5 Å². The molecule has 0 unspecified atom stereocenters. The number of anilines is 1. The van der Waals surface area contributed by atoms with E-state index in [0.717, 1.165) is 25.7 Å². The summed E-state index contributed by atoms with van der Waals surface area (Å²) < 4.78 is 27.0. The highest BCUT2D eigenvalue weighted by atomic mass is 32.2. The number of hydrogen-bond donors (Lipinski definition) is 3. The van der Waals surface area contributed by atoms with Crippen molar-refractivity contribution in [2.75, 3.05) is 25.0 Å². The lowest BCUT2D eigenvalue weighted by molar-refractivity contribution is -0.115. The standard InChI is InChI=1S/C15H22N4O4S/c16-15(21)17-11-14(20)18-12-6-5-7-13(10-12)24(22,23)19-8-3-1-2-4-9-19/h5-7,10H,1-4,8-9,11H2,(H,18,20)(H3,16,17,21). The van der Waals surface area contributed by atoms with E-state index in [0.29, 0.717) is 18.8 Å². The van der Waals surface area contributed by atoms with E-state index in [-0.39, 0.29) is 11.4 Å². The SMILES string of the molecule is NC(=O)NCC(=O)Nc1cccc(S(=O)(=O)N2CCCCCC2)c1. The largest absolute Gasteiger partial charge is 0.352 e. The zero-order valence-corrected chi connectivity index (χ0v) is 14.1. The predicted octanol–water partition coefficient (Wildman–Crippen LogP) is 0.858. The number of urea groups is 1. The molecule has 1 aliphatic heterocycles. The summed E-state index contributed by atoms with van der Waals surface area (Å²) in [5, 5.41) is 4.70. The molecule has 1 fully saturated rings. The summed E-state index contributed by atoms with van der Waals surface area (Å²) in [7, 11) is -3.58. The second-order valence-electron chi connectivity index (χ2n) is 5.61. The van der Waals surface area contributed by atoms with E-state index in [4.69, 9.17) is 5.73 Å². The van der Waals surface area contributed by atoms with Crippen LogP contribution in [0.25, 0.3) is 0 Å². The van der Waals surface area contributed by atoms with E-state index < -0.39 is 22.0 Å². The van der Waals surface area contributed by atoms with Gasteiger partial charge in [0.25, 0.3) is 0 Å². The normalized spacial score (nSPS) is 16.2. The van der Waals surface area contributed by atoms with Crippen molar-refractivity contribution in [3.05, 3.63) is 24.3 Å². The fraction of sp³-hybridized carbons (Fsp3) is 0.467. The molecule has 0 aromatic heterocycles. The number of benzene rings is 1. The molecule has 0 saturated carbocycles. The van der Waals surface area contributed by atoms with Crippen LogP contribution in [0.5, 0.6) is 0 Å². The third-order valence-electron chi connectivity index (χ3n) is 3.74. The Bertz CT molecular complexity index is 697. The van der Waals surface area contributed by atoms with Gasteiger partial charge in [-0.1, -0.05) is 18.9 Å². The van der Waals surface area contributed by atoms with Crippen molar-refractivity contribution in [3.63, 3.8) is 0 Å². The second kappa shape index (κ2) is 8.11. The number of primary amides is 1. The van der Waals surface area contributed by atoms with Crippen molar-refractivity contribution in [1.29, 1.82) is 0 Å². The fourth-order valence-corrected chi connectivity index (χ4v) is 4.10. The van der Waals surface area contributed by atoms with Crippen LogP contribution in [0.2, 0.25) is 0 Å². The molecule has 0 radical (unpaired) electrons. The van der Waals surface area contributed by atoms with E-state index >= 15 is 0 Å². The summed E-state index contributed by atoms with van der Waals surface area (Å²) >= 11 is 0. The van der Waals surface area contributed by atoms with Crippen LogP contribution in [-0.4, -0.2) is 44.3 Å². The van der Waals surface area contributed by atoms with Crippen molar-refractivity contribution >= 4 is 27.6 Å². The summed E-state index contributed by atoms with van der Waals surface area (Å²) in [5.41, 5.74) is 5.25. The first-order valence-corrected chi connectivity index (χ1v) is 9.27. The lowest BCUT2D eigenvalue weighted by Crippen LogP contribution is -2.36. The molecule has 8 nitrogen and oxygen atoms in total. The monoisotopic (exact) mass is 354 g/mol. The van der Waals surface area contributed by atoms with Gasteiger partial charge in [0.05, 0.1) is 11.4 Å². The topological polar surface area (TPSA) is 122 Å². The van der Waals surface area contributed by atoms with Crippen molar-refractivity contribution in [1.82, 2.24) is 9.62 Å². The Hall–Kier alpha value is -2.13. The molecule has 24 heavy (non-hydrogen) atoms. The van der Waals surface area contributed by atoms with Crippen LogP contribution in [0.1, 0.15) is 25.7 Å². The molecule has 0 aliphatic carbocycles. The van der Waals surface area contributed by atoms with Gasteiger partial charge in [0.2, 0.25) is 15.9 Å². The number of nitrogens with two attached hydrogens (primary N) is 1. The highest BCUT2D eigenvalue weighted by Crippen LogP contribution is 2.22. The first-order chi connectivity index (χ1) is 11.4. The molecule has 1 saturated heterocycles. The van der Waals surface area contributed by atoms with Gasteiger partial charge in [-0.2, -0.15) is 4.31 Å². The quantitative estimate of drug-likeness (QED) is 0.726. The van der Waals surface area contributed by atoms with Crippen LogP contribution in [0, 0.1) is 0 Å². The van der Waals surface area contributed by atoms with E-state index in [1.54, 1.807) is 12.1 Å². The highest BCUT2D eigenvalue weighted by molar-refractivity contribution is 7.89. The summed E-state index contributed by atoms with van der Waals surface area (Å²) in [6, 6.07) is 5.29. The molecule has 3 amide bonds. The summed E-state index contributed by atoms with van der Waals surface area (Å²) in [4.78, 5) is 22.4. The smallest absolute Gasteiger partial charge is 0.312 e. The summed E-state index contributed by atoms with van der Waals surface area (Å²) in [5.74, 6) is -0.488. The lowest BCUT2D eigenvalue weighted by atomic mass is 10.2. The molecule has 0 atom stereocenters. The molecule has 2 rings (SSSR count). The van der Waals surface area contributed by atoms with Gasteiger partial charge in [0.1, 0.15) is 0 Å². The van der Waals surface area contributed by atoms with Crippen LogP contribution in [-0.2, 0) is 14.8 Å². The number of sulfonamides is 1. The van der Waals surface area contributed by atoms with Gasteiger partial charge in [-0.15, -0.1) is 0 Å². The Morgan fingerprint density at radius 2 is 1.79 bits per heavy atom. The van der Waals surface area contributed by atoms with Crippen molar-refractivity contribution in [3.8, 4) is 0 Å². The Labute approximate surface area is 141 Å². The van der Waals surface area contributed by atoms with E-state index in [1.807, 2.05) is 0 Å². The maximum absolute atomic E-state index is 12.7. The zero-order chi connectivity index (χ0) is 17.6. The number of carbonyl (C=O) groups is 2. The molecule has 1 heterocycles. The lowest BCUT2D eigenvalue weighted by Gasteiger charge is -2.20. The third kappa shape index (κ3) is 4.93. The number of hydrogen-bond acceptors (Lipinski definition) is 4. The predicted molar refractivity (Wildman–Crippen MR) is 89.9 cm³/mol. The molecule has 0 spiro atoms. The molecule has 132 valence electrons. The Morgan fingerprint density at radius 3 is 2.42 bits per heavy atom. The highest BCUT2D eigenvalue weighted by Gasteiger charge is 2.25. The molecule has 9 heteroatoms. The van der Waals surface area contributed by atoms with E-state index in [9.17, 15) is 18.0 Å². The number of carbonyl (C=O) groups excluding carboxylic acids is 2. The van der Waals surface area contributed by atoms with Crippen LogP contribution in [0.15, 0.2) is 29.2 Å². The van der Waals surface area contributed by atoms with Gasteiger partial charge in [0, 0.05) is 18.8 Å². The first-order valence-electron chi connectivity index (χ1n) is 7.83. The van der Waals surface area contributed by atoms with Crippen LogP contribution >= 0.6 is 0 Å². The Morgan fingerprint density at radius 1 is 1.12 bits per heavy atom. The molecule has 1 aromatic carbocycles. The van der Waals surface area contributed by atoms with Gasteiger partial charge in [-0.3, -0.25) is 4.79 Å². The second-order valence-corrected chi connectivity index (χ2v) is 7.55. The summed E-state index contributed by atoms with van der Waals surface area (Å²) in [6.07, 6.45) is 3.78. The van der Waals surface area contributed by atoms with Gasteiger partial charge >= 0.3 is 6.03 Å². The molecular weight excluding hydrogens is 332 g/mol. The minimum atomic E-state index is -3.58. The van der Waals surface area contributed by atoms with Gasteiger partial charge in [-0.05, 0) is 31.0 Å². The van der Waals surface area contributed by atoms with Gasteiger partial charge < -0.3 is 16.4 Å². The molecule has 1 aliphatic rings. The molecular formula is C15H22N4O4S. The van der Waals surface area contributed by atoms with Crippen LogP contribution < -0.4 is 16.4 Å². The van der Waals surface area contributed by atoms with Crippen molar-refractivity contribution in [2.45, 2.75) is 30.6 Å². The third-order valence-corrected chi connectivity index (χ3v) is 5.64. The summed E-state index contributed by atoms with van der Waals surface area (Å²) in [6.45, 7) is 0.751. The number of amides is 3. The first kappa shape index (κ1) is 18.2.